The van der Waals surface area contributed by atoms with Crippen molar-refractivity contribution in [1.82, 2.24) is 9.62 Å². The summed E-state index contributed by atoms with van der Waals surface area (Å²) >= 11 is 0. The van der Waals surface area contributed by atoms with Crippen LogP contribution in [-0.4, -0.2) is 79.7 Å². The van der Waals surface area contributed by atoms with Gasteiger partial charge >= 0.3 is 0 Å². The minimum absolute atomic E-state index is 0.0119. The Balaban J connectivity index is 1.86. The number of ether oxygens (including phenoxy) is 1. The highest BCUT2D eigenvalue weighted by Gasteiger charge is 2.44. The number of hydrogen-bond acceptors (Lipinski definition) is 6. The summed E-state index contributed by atoms with van der Waals surface area (Å²) in [4.78, 5) is 14.0. The van der Waals surface area contributed by atoms with Crippen LogP contribution in [0.4, 0.5) is 0 Å². The predicted molar refractivity (Wildman–Crippen MR) is 83.1 cm³/mol. The first-order chi connectivity index (χ1) is 10.7. The standard InChI is InChI=1S/C14H26N2O6S/c1-9-3-5-16(6-4-9)12(17)7-10-13(18)14(19)11(22-10)8-15-23(2,20)21/h9-11,13-15,18-19H,3-8H2,1-2H3/t10-,11+,13-,14+/m0/s1. The van der Waals surface area contributed by atoms with E-state index in [2.05, 4.69) is 11.6 Å². The Morgan fingerprint density at radius 3 is 2.35 bits per heavy atom. The quantitative estimate of drug-likeness (QED) is 0.566. The fourth-order valence-electron chi connectivity index (χ4n) is 2.96. The SMILES string of the molecule is CC1CCN(C(=O)C[C@@H]2O[C@H](CNS(C)(=O)=O)[C@@H](O)[C@H]2O)CC1. The third kappa shape index (κ3) is 5.12. The number of sulfonamides is 1. The molecule has 2 aliphatic rings. The Kier molecular flexibility index (Phi) is 6.01. The van der Waals surface area contributed by atoms with Crippen LogP contribution in [0.1, 0.15) is 26.2 Å². The summed E-state index contributed by atoms with van der Waals surface area (Å²) in [7, 11) is -3.41. The van der Waals surface area contributed by atoms with Gasteiger partial charge in [-0.2, -0.15) is 0 Å². The highest BCUT2D eigenvalue weighted by Crippen LogP contribution is 2.25. The largest absolute Gasteiger partial charge is 0.388 e. The van der Waals surface area contributed by atoms with E-state index < -0.39 is 34.4 Å². The van der Waals surface area contributed by atoms with Crippen molar-refractivity contribution >= 4 is 15.9 Å². The zero-order chi connectivity index (χ0) is 17.2. The van der Waals surface area contributed by atoms with Crippen molar-refractivity contribution < 1.29 is 28.2 Å². The molecule has 0 saturated carbocycles. The summed E-state index contributed by atoms with van der Waals surface area (Å²) in [5.74, 6) is 0.505. The number of aliphatic hydroxyl groups is 2. The maximum atomic E-state index is 12.3. The van der Waals surface area contributed by atoms with Gasteiger partial charge < -0.3 is 19.8 Å². The van der Waals surface area contributed by atoms with Crippen LogP contribution in [0, 0.1) is 5.92 Å². The zero-order valence-electron chi connectivity index (χ0n) is 13.5. The van der Waals surface area contributed by atoms with Gasteiger partial charge in [-0.05, 0) is 18.8 Å². The molecule has 8 nitrogen and oxygen atoms in total. The molecule has 2 rings (SSSR count). The summed E-state index contributed by atoms with van der Waals surface area (Å²) < 4.78 is 29.9. The molecule has 4 atom stereocenters. The van der Waals surface area contributed by atoms with Crippen molar-refractivity contribution in [2.45, 2.75) is 50.6 Å². The lowest BCUT2D eigenvalue weighted by molar-refractivity contribution is -0.136. The van der Waals surface area contributed by atoms with Crippen LogP contribution in [0.2, 0.25) is 0 Å². The van der Waals surface area contributed by atoms with Crippen LogP contribution < -0.4 is 4.72 Å². The first kappa shape index (κ1) is 18.6. The highest BCUT2D eigenvalue weighted by atomic mass is 32.2. The van der Waals surface area contributed by atoms with Gasteiger partial charge in [0, 0.05) is 19.6 Å². The first-order valence-electron chi connectivity index (χ1n) is 7.91. The summed E-state index contributed by atoms with van der Waals surface area (Å²) in [5.41, 5.74) is 0. The number of nitrogens with one attached hydrogen (secondary N) is 1. The van der Waals surface area contributed by atoms with Crippen LogP contribution in [-0.2, 0) is 19.6 Å². The number of nitrogens with zero attached hydrogens (tertiary/aromatic N) is 1. The van der Waals surface area contributed by atoms with Gasteiger partial charge in [-0.25, -0.2) is 13.1 Å². The molecule has 2 aliphatic heterocycles. The van der Waals surface area contributed by atoms with E-state index in [1.54, 1.807) is 4.90 Å². The predicted octanol–water partition coefficient (Wildman–Crippen LogP) is -1.33. The second kappa shape index (κ2) is 7.43. The van der Waals surface area contributed by atoms with Crippen LogP contribution in [0.25, 0.3) is 0 Å². The molecular weight excluding hydrogens is 324 g/mol. The molecule has 0 bridgehead atoms. The van der Waals surface area contributed by atoms with Gasteiger partial charge in [-0.15, -0.1) is 0 Å². The number of hydrogen-bond donors (Lipinski definition) is 3. The Bertz CT molecular complexity index is 517. The number of amides is 1. The molecule has 3 N–H and O–H groups in total. The summed E-state index contributed by atoms with van der Waals surface area (Å²) in [6, 6.07) is 0. The average Bonchev–Trinajstić information content (AvgIpc) is 2.73. The molecule has 0 unspecified atom stereocenters. The fraction of sp³-hybridized carbons (Fsp3) is 0.929. The van der Waals surface area contributed by atoms with E-state index in [1.165, 1.54) is 0 Å². The average molecular weight is 350 g/mol. The normalized spacial score (nSPS) is 33.1. The Morgan fingerprint density at radius 2 is 1.78 bits per heavy atom. The van der Waals surface area contributed by atoms with Crippen LogP contribution in [0.15, 0.2) is 0 Å². The molecule has 2 saturated heterocycles. The second-order valence-electron chi connectivity index (χ2n) is 6.58. The number of likely N-dealkylation sites (tertiary alicyclic amines) is 1. The van der Waals surface area contributed by atoms with E-state index in [9.17, 15) is 23.4 Å². The molecule has 2 heterocycles. The number of rotatable bonds is 5. The van der Waals surface area contributed by atoms with E-state index in [-0.39, 0.29) is 18.9 Å². The number of carbonyl (C=O) groups is 1. The summed E-state index contributed by atoms with van der Waals surface area (Å²) in [6.45, 7) is 3.42. The van der Waals surface area contributed by atoms with Gasteiger partial charge in [0.1, 0.15) is 18.3 Å². The maximum Gasteiger partial charge on any atom is 0.225 e. The molecule has 23 heavy (non-hydrogen) atoms. The Hall–Kier alpha value is -0.740. The first-order valence-corrected chi connectivity index (χ1v) is 9.80. The van der Waals surface area contributed by atoms with Crippen LogP contribution in [0.3, 0.4) is 0 Å². The van der Waals surface area contributed by atoms with E-state index >= 15 is 0 Å². The zero-order valence-corrected chi connectivity index (χ0v) is 14.3. The van der Waals surface area contributed by atoms with Gasteiger partial charge in [-0.3, -0.25) is 4.79 Å². The summed E-state index contributed by atoms with van der Waals surface area (Å²) in [6.07, 6.45) is -1.18. The van der Waals surface area contributed by atoms with E-state index in [4.69, 9.17) is 4.74 Å². The van der Waals surface area contributed by atoms with Crippen molar-refractivity contribution in [2.75, 3.05) is 25.9 Å². The van der Waals surface area contributed by atoms with E-state index in [1.807, 2.05) is 0 Å². The second-order valence-corrected chi connectivity index (χ2v) is 8.42. The maximum absolute atomic E-state index is 12.3. The molecule has 1 amide bonds. The number of piperidine rings is 1. The molecule has 2 fully saturated rings. The summed E-state index contributed by atoms with van der Waals surface area (Å²) in [5, 5.41) is 20.0. The molecule has 0 aromatic rings. The molecule has 0 aromatic carbocycles. The van der Waals surface area contributed by atoms with Crippen molar-refractivity contribution in [3.63, 3.8) is 0 Å². The third-order valence-corrected chi connectivity index (χ3v) is 5.21. The molecule has 134 valence electrons. The lowest BCUT2D eigenvalue weighted by Crippen LogP contribution is -2.41. The van der Waals surface area contributed by atoms with Crippen LogP contribution >= 0.6 is 0 Å². The van der Waals surface area contributed by atoms with Crippen molar-refractivity contribution in [3.8, 4) is 0 Å². The topological polar surface area (TPSA) is 116 Å². The fourth-order valence-corrected chi connectivity index (χ4v) is 3.42. The molecule has 9 heteroatoms. The van der Waals surface area contributed by atoms with Gasteiger partial charge in [0.25, 0.3) is 0 Å². The Morgan fingerprint density at radius 1 is 1.22 bits per heavy atom. The number of aliphatic hydroxyl groups excluding tert-OH is 2. The minimum atomic E-state index is -3.41. The van der Waals surface area contributed by atoms with Gasteiger partial charge in [0.15, 0.2) is 0 Å². The molecule has 0 aliphatic carbocycles. The molecule has 0 spiro atoms. The lowest BCUT2D eigenvalue weighted by Gasteiger charge is -2.31. The van der Waals surface area contributed by atoms with Gasteiger partial charge in [0.2, 0.25) is 15.9 Å². The van der Waals surface area contributed by atoms with Crippen molar-refractivity contribution in [3.05, 3.63) is 0 Å². The Labute approximate surface area is 136 Å². The minimum Gasteiger partial charge on any atom is -0.388 e. The smallest absolute Gasteiger partial charge is 0.225 e. The van der Waals surface area contributed by atoms with Gasteiger partial charge in [-0.1, -0.05) is 6.92 Å². The van der Waals surface area contributed by atoms with E-state index in [0.29, 0.717) is 19.0 Å². The third-order valence-electron chi connectivity index (χ3n) is 4.52. The molecule has 0 aromatic heterocycles. The van der Waals surface area contributed by atoms with E-state index in [0.717, 1.165) is 19.1 Å². The molecule has 0 radical (unpaired) electrons. The lowest BCUT2D eigenvalue weighted by atomic mass is 9.98. The van der Waals surface area contributed by atoms with Crippen molar-refractivity contribution in [1.29, 1.82) is 0 Å². The van der Waals surface area contributed by atoms with Crippen LogP contribution in [0.5, 0.6) is 0 Å². The van der Waals surface area contributed by atoms with Gasteiger partial charge in [0.05, 0.1) is 18.8 Å². The van der Waals surface area contributed by atoms with Crippen molar-refractivity contribution in [2.24, 2.45) is 5.92 Å². The monoisotopic (exact) mass is 350 g/mol. The molecular formula is C14H26N2O6S. The highest BCUT2D eigenvalue weighted by molar-refractivity contribution is 7.88. The number of carbonyl (C=O) groups excluding carboxylic acids is 1.